The lowest BCUT2D eigenvalue weighted by Crippen LogP contribution is -2.67. The molecule has 0 aliphatic carbocycles. The Labute approximate surface area is 294 Å². The first-order valence-corrected chi connectivity index (χ1v) is 18.6. The second kappa shape index (κ2) is 8.47. The van der Waals surface area contributed by atoms with Crippen LogP contribution in [-0.2, 0) is 0 Å². The van der Waals surface area contributed by atoms with Gasteiger partial charge in [-0.15, -0.1) is 0 Å². The number of fused-ring (bicyclic) bond motifs is 14. The zero-order chi connectivity index (χ0) is 32.0. The van der Waals surface area contributed by atoms with Crippen molar-refractivity contribution in [2.24, 2.45) is 0 Å². The normalized spacial score (nSPS) is 15.1. The van der Waals surface area contributed by atoms with Crippen LogP contribution < -0.4 is 42.4 Å². The number of furan rings is 2. The van der Waals surface area contributed by atoms with Gasteiger partial charge in [0.15, 0.2) is 22.7 Å². The van der Waals surface area contributed by atoms with E-state index in [1.54, 1.807) is 0 Å². The van der Waals surface area contributed by atoms with Gasteiger partial charge in [-0.25, -0.2) is 0 Å². The monoisotopic (exact) mass is 671 g/mol. The average molecular weight is 671 g/mol. The molecular formula is C42H19B2NO3S2. The lowest BCUT2D eigenvalue weighted by atomic mass is 9.30. The second-order valence-corrected chi connectivity index (χ2v) is 16.0. The van der Waals surface area contributed by atoms with Crippen LogP contribution in [0.25, 0.3) is 43.9 Å². The van der Waals surface area contributed by atoms with E-state index in [1.165, 1.54) is 58.0 Å². The number of nitrogens with zero attached hydrogens (tertiary/aromatic N) is 1. The molecular weight excluding hydrogens is 652 g/mol. The Morgan fingerprint density at radius 3 is 1.46 bits per heavy atom. The first-order valence-electron chi connectivity index (χ1n) is 17.0. The van der Waals surface area contributed by atoms with E-state index in [-0.39, 0.29) is 13.4 Å². The fraction of sp³-hybridized carbons (Fsp3) is 0. The fourth-order valence-corrected chi connectivity index (χ4v) is 12.1. The Morgan fingerprint density at radius 1 is 0.440 bits per heavy atom. The van der Waals surface area contributed by atoms with Gasteiger partial charge < -0.3 is 18.5 Å². The number of anilines is 3. The minimum Gasteiger partial charge on any atom is -0.452 e. The molecule has 5 aliphatic heterocycles. The smallest absolute Gasteiger partial charge is 0.249 e. The van der Waals surface area contributed by atoms with Gasteiger partial charge in [0.1, 0.15) is 11.2 Å². The van der Waals surface area contributed by atoms with Crippen molar-refractivity contribution in [2.75, 3.05) is 4.90 Å². The number of hydrogen-bond acceptors (Lipinski definition) is 6. The van der Waals surface area contributed by atoms with Crippen molar-refractivity contribution in [1.82, 2.24) is 0 Å². The predicted molar refractivity (Wildman–Crippen MR) is 206 cm³/mol. The highest BCUT2D eigenvalue weighted by Crippen LogP contribution is 2.59. The van der Waals surface area contributed by atoms with Gasteiger partial charge >= 0.3 is 0 Å². The van der Waals surface area contributed by atoms with Crippen molar-refractivity contribution in [1.29, 1.82) is 0 Å². The van der Waals surface area contributed by atoms with E-state index in [9.17, 15) is 0 Å². The molecule has 0 amide bonds. The van der Waals surface area contributed by atoms with Crippen molar-refractivity contribution < 1.29 is 13.6 Å². The van der Waals surface area contributed by atoms with Gasteiger partial charge in [0.2, 0.25) is 13.4 Å². The molecule has 50 heavy (non-hydrogen) atoms. The molecule has 228 valence electrons. The maximum absolute atomic E-state index is 7.35. The molecule has 4 nitrogen and oxygen atoms in total. The molecule has 0 fully saturated rings. The Bertz CT molecular complexity index is 2920. The zero-order valence-corrected chi connectivity index (χ0v) is 27.7. The minimum atomic E-state index is 0.0512. The highest BCUT2D eigenvalue weighted by molar-refractivity contribution is 8.01. The summed E-state index contributed by atoms with van der Waals surface area (Å²) in [4.78, 5) is 7.84. The third kappa shape index (κ3) is 2.78. The topological polar surface area (TPSA) is 38.8 Å². The van der Waals surface area contributed by atoms with Crippen LogP contribution in [0.1, 0.15) is 0 Å². The molecule has 0 unspecified atom stereocenters. The van der Waals surface area contributed by atoms with Gasteiger partial charge in [0, 0.05) is 46.8 Å². The summed E-state index contributed by atoms with van der Waals surface area (Å²) in [7, 11) is 0. The maximum atomic E-state index is 7.35. The molecule has 0 atom stereocenters. The van der Waals surface area contributed by atoms with Crippen molar-refractivity contribution in [3.63, 3.8) is 0 Å². The summed E-state index contributed by atoms with van der Waals surface area (Å²) < 4.78 is 20.9. The zero-order valence-electron chi connectivity index (χ0n) is 26.1. The molecule has 0 radical (unpaired) electrons. The third-order valence-electron chi connectivity index (χ3n) is 11.5. The Balaban J connectivity index is 1.23. The molecule has 0 spiro atoms. The molecule has 0 bridgehead atoms. The van der Waals surface area contributed by atoms with E-state index >= 15 is 0 Å². The van der Waals surface area contributed by atoms with Crippen LogP contribution in [0, 0.1) is 0 Å². The maximum Gasteiger partial charge on any atom is 0.249 e. The van der Waals surface area contributed by atoms with Crippen LogP contribution in [0.2, 0.25) is 0 Å². The molecule has 14 rings (SSSR count). The Kier molecular flexibility index (Phi) is 4.32. The lowest BCUT2D eigenvalue weighted by Gasteiger charge is -2.49. The summed E-state index contributed by atoms with van der Waals surface area (Å²) in [6, 6.07) is 41.9. The molecule has 0 saturated heterocycles. The van der Waals surface area contributed by atoms with Gasteiger partial charge in [0.25, 0.3) is 0 Å². The quantitative estimate of drug-likeness (QED) is 0.154. The number of para-hydroxylation sites is 2. The summed E-state index contributed by atoms with van der Waals surface area (Å²) in [5, 5.41) is 4.35. The highest BCUT2D eigenvalue weighted by Gasteiger charge is 2.53. The van der Waals surface area contributed by atoms with Crippen LogP contribution in [0.15, 0.2) is 144 Å². The van der Waals surface area contributed by atoms with E-state index < -0.39 is 0 Å². The molecule has 0 N–H and O–H groups in total. The van der Waals surface area contributed by atoms with Crippen LogP contribution in [-0.4, -0.2) is 13.4 Å². The Hall–Kier alpha value is -5.43. The highest BCUT2D eigenvalue weighted by atomic mass is 32.2. The van der Waals surface area contributed by atoms with Gasteiger partial charge in [-0.2, -0.15) is 0 Å². The third-order valence-corrected chi connectivity index (χ3v) is 13.8. The van der Waals surface area contributed by atoms with E-state index in [4.69, 9.17) is 13.6 Å². The molecule has 9 aromatic rings. The predicted octanol–water partition coefficient (Wildman–Crippen LogP) is 7.65. The summed E-state index contributed by atoms with van der Waals surface area (Å²) in [6.45, 7) is 0.102. The van der Waals surface area contributed by atoms with E-state index in [0.717, 1.165) is 66.8 Å². The summed E-state index contributed by atoms with van der Waals surface area (Å²) in [6.07, 6.45) is 0. The van der Waals surface area contributed by atoms with Gasteiger partial charge in [0.05, 0.1) is 11.4 Å². The van der Waals surface area contributed by atoms with E-state index in [2.05, 4.69) is 108 Å². The molecule has 0 saturated carbocycles. The standard InChI is InChI=1S/C42H19B2NO3S2/c1-5-13-28-20(9-1)22-17-26-36-41(39(22)46-28)48-42-37-27(18-23-21-10-2-6-14-29(21)47-40(23)42)44-25-12-4-8-16-31(25)50-33-19-32-34(38(35(33)44)45(36)37)43(26)24-11-3-7-15-30(24)49-32/h1-19H. The second-order valence-electron chi connectivity index (χ2n) is 13.9. The number of hydrogen-bond donors (Lipinski definition) is 0. The first-order chi connectivity index (χ1) is 24.8. The van der Waals surface area contributed by atoms with Crippen molar-refractivity contribution in [3.05, 3.63) is 115 Å². The van der Waals surface area contributed by atoms with Gasteiger partial charge in [-0.3, -0.25) is 0 Å². The van der Waals surface area contributed by atoms with Gasteiger partial charge in [-0.05, 0) is 52.2 Å². The van der Waals surface area contributed by atoms with Crippen molar-refractivity contribution >= 4 is 131 Å². The SMILES string of the molecule is c1ccc2c(c1)Sc1cc3c4c5c1B2c1cc2c(oc6ccccc62)c2c1N5c1c(cc5c(oc6ccccc65)c1O2)B4c1ccccc1S3. The van der Waals surface area contributed by atoms with Crippen LogP contribution >= 0.6 is 23.5 Å². The first kappa shape index (κ1) is 25.5. The summed E-state index contributed by atoms with van der Waals surface area (Å²) in [5.74, 6) is 1.53. The lowest BCUT2D eigenvalue weighted by molar-refractivity contribution is 0.466. The molecule has 8 heteroatoms. The minimum absolute atomic E-state index is 0.0512. The van der Waals surface area contributed by atoms with E-state index in [1.807, 2.05) is 35.7 Å². The van der Waals surface area contributed by atoms with Crippen LogP contribution in [0.4, 0.5) is 17.1 Å². The van der Waals surface area contributed by atoms with E-state index in [0.29, 0.717) is 0 Å². The fourth-order valence-electron chi connectivity index (χ4n) is 9.65. The molecule has 7 aromatic carbocycles. The molecule has 2 aromatic heterocycles. The largest absolute Gasteiger partial charge is 0.452 e. The number of rotatable bonds is 0. The average Bonchev–Trinajstić information content (AvgIpc) is 3.73. The molecule has 7 heterocycles. The van der Waals surface area contributed by atoms with Gasteiger partial charge in [-0.1, -0.05) is 119 Å². The summed E-state index contributed by atoms with van der Waals surface area (Å²) in [5.41, 5.74) is 14.7. The van der Waals surface area contributed by atoms with Crippen LogP contribution in [0.5, 0.6) is 11.5 Å². The number of benzene rings is 7. The number of ether oxygens (including phenoxy) is 1. The van der Waals surface area contributed by atoms with Crippen molar-refractivity contribution in [3.8, 4) is 11.5 Å². The molecule has 5 aliphatic rings. The van der Waals surface area contributed by atoms with Crippen LogP contribution in [0.3, 0.4) is 0 Å². The summed E-state index contributed by atoms with van der Waals surface area (Å²) >= 11 is 3.82. The Morgan fingerprint density at radius 2 is 0.920 bits per heavy atom. The van der Waals surface area contributed by atoms with Crippen molar-refractivity contribution in [2.45, 2.75) is 19.6 Å².